The second kappa shape index (κ2) is 42.6. The number of carbonyl (C=O) groups excluding carboxylic acids is 2. The Morgan fingerprint density at radius 2 is 0.722 bits per heavy atom. The van der Waals surface area contributed by atoms with Gasteiger partial charge in [-0.15, -0.1) is 14.4 Å². The fourth-order valence-corrected chi connectivity index (χ4v) is 17.4. The molecule has 12 aromatic rings. The highest BCUT2D eigenvalue weighted by atomic mass is 32.1. The lowest BCUT2D eigenvalue weighted by molar-refractivity contribution is -0.146. The van der Waals surface area contributed by atoms with Crippen LogP contribution in [0, 0.1) is 97.9 Å². The Morgan fingerprint density at radius 1 is 0.460 bits per heavy atom. The lowest BCUT2D eigenvalue weighted by Crippen LogP contribution is -2.53. The maximum Gasteiger partial charge on any atom is 0.333 e. The highest BCUT2D eigenvalue weighted by Crippen LogP contribution is 2.38. The number of aliphatic carboxylic acids is 1. The van der Waals surface area contributed by atoms with Gasteiger partial charge in [0.05, 0.1) is 130 Å². The number of aryl methyl sites for hydroxylation is 5. The Hall–Kier alpha value is -12.3. The molecule has 0 unspecified atom stereocenters. The summed E-state index contributed by atoms with van der Waals surface area (Å²) in [5.41, 5.74) is 0.0104. The highest BCUT2D eigenvalue weighted by molar-refractivity contribution is 7.22. The third-order valence-corrected chi connectivity index (χ3v) is 24.1. The molecule has 34 nitrogen and oxygen atoms in total. The number of hydrogen-bond donors (Lipinski definition) is 4. The van der Waals surface area contributed by atoms with Crippen molar-refractivity contribution in [1.82, 2.24) is 72.4 Å². The maximum atomic E-state index is 14.4. The van der Waals surface area contributed by atoms with E-state index in [1.807, 2.05) is 59.8 Å². The van der Waals surface area contributed by atoms with Gasteiger partial charge in [-0.3, -0.25) is 37.7 Å². The largest absolute Gasteiger partial charge is 0.508 e. The van der Waals surface area contributed by atoms with Gasteiger partial charge < -0.3 is 35.3 Å². The lowest BCUT2D eigenvalue weighted by Gasteiger charge is -2.28. The summed E-state index contributed by atoms with van der Waals surface area (Å²) in [5.74, 6) is -3.75. The number of nitrogens with zero attached hydrogens (tertiary/aromatic N) is 18. The normalized spacial score (nSPS) is 12.3. The molecule has 0 bridgehead atoms. The second-order valence-corrected chi connectivity index (χ2v) is 34.9. The zero-order valence-corrected chi connectivity index (χ0v) is 75.6. The SMILES string of the molecule is CC(C)N.CO.Cc1c(-n2nccn2)sc2c1c(=O)n(C(C)(C)C(=O)CC(C)C)c(=O)n2C[C@H](OCCC#N)c1cc(F)ccc1O.Cc1ccc(F)cc1[C@H](Cn1c(=O)n(C(C)(C)C(=O)CC(C)C)c(=O)c2c(C)c(-n3nccn3)sc21)OCCC#N.Cc1ccc(F)cc1[C@H](Cn1c(=O)n(C(C)(C)C(=O)O)c(=O)c2c(C)c(-n3nccn3)sc21)OCCC#N. The number of fused-ring (bicyclic) bond motifs is 3. The van der Waals surface area contributed by atoms with Gasteiger partial charge in [0.15, 0.2) is 11.6 Å². The topological polar surface area (TPSA) is 461 Å². The number of nitrogens with two attached hydrogens (primary N) is 1. The summed E-state index contributed by atoms with van der Waals surface area (Å²) in [4.78, 5) is 128. The number of rotatable bonds is 31. The van der Waals surface area contributed by atoms with Gasteiger partial charge in [0.2, 0.25) is 0 Å². The maximum absolute atomic E-state index is 14.4. The van der Waals surface area contributed by atoms with Crippen LogP contribution in [0.25, 0.3) is 45.7 Å². The number of carbonyl (C=O) groups is 3. The number of carboxylic acids is 1. The molecule has 670 valence electrons. The van der Waals surface area contributed by atoms with Gasteiger partial charge >= 0.3 is 23.0 Å². The molecule has 9 heterocycles. The second-order valence-electron chi connectivity index (χ2n) is 32.0. The molecule has 0 aliphatic rings. The average Bonchev–Trinajstić information content (AvgIpc) is 1.54. The summed E-state index contributed by atoms with van der Waals surface area (Å²) in [7, 11) is 1.00. The van der Waals surface area contributed by atoms with Crippen LogP contribution in [0.15, 0.2) is 121 Å². The van der Waals surface area contributed by atoms with Crippen LogP contribution >= 0.6 is 34.0 Å². The predicted octanol–water partition coefficient (Wildman–Crippen LogP) is 11.6. The zero-order chi connectivity index (χ0) is 93.5. The first-order valence-corrected chi connectivity index (χ1v) is 42.4. The van der Waals surface area contributed by atoms with E-state index in [2.05, 4.69) is 30.6 Å². The summed E-state index contributed by atoms with van der Waals surface area (Å²) in [6.07, 6.45) is 6.64. The van der Waals surface area contributed by atoms with Gasteiger partial charge in [-0.1, -0.05) is 87.7 Å². The first kappa shape index (κ1) is 99.1. The number of phenolic OH excluding ortho intramolecular Hbond substituents is 1. The Morgan fingerprint density at radius 3 is 0.992 bits per heavy atom. The van der Waals surface area contributed by atoms with Crippen LogP contribution < -0.4 is 39.5 Å². The summed E-state index contributed by atoms with van der Waals surface area (Å²) < 4.78 is 67.4. The van der Waals surface area contributed by atoms with Crippen LogP contribution in [0.5, 0.6) is 5.75 Å². The molecule has 126 heavy (non-hydrogen) atoms. The number of aromatic nitrogens is 15. The Kier molecular flexibility index (Phi) is 33.5. The molecular weight excluding hydrogens is 1690 g/mol. The molecule has 0 spiro atoms. The number of Topliss-reactive ketones (excluding diaryl/α,β-unsaturated/α-hetero) is 2. The quantitative estimate of drug-likeness (QED) is 0.0293. The Balaban J connectivity index is 0.000000227. The van der Waals surface area contributed by atoms with E-state index in [1.54, 1.807) is 60.6 Å². The van der Waals surface area contributed by atoms with E-state index in [9.17, 15) is 66.5 Å². The Labute approximate surface area is 733 Å². The van der Waals surface area contributed by atoms with Crippen molar-refractivity contribution >= 4 is 82.2 Å². The van der Waals surface area contributed by atoms with Crippen molar-refractivity contribution in [2.45, 2.75) is 210 Å². The minimum Gasteiger partial charge on any atom is -0.508 e. The van der Waals surface area contributed by atoms with Gasteiger partial charge in [0, 0.05) is 42.2 Å². The van der Waals surface area contributed by atoms with E-state index >= 15 is 0 Å². The molecule has 9 aromatic heterocycles. The minimum atomic E-state index is -1.88. The van der Waals surface area contributed by atoms with Crippen LogP contribution in [0.2, 0.25) is 0 Å². The number of thiophene rings is 3. The fraction of sp³-hybridized carbons (Fsp3) is 0.442. The molecular formula is C86H102F3N19O15S3. The Bertz CT molecular complexity index is 6190. The van der Waals surface area contributed by atoms with E-state index in [1.165, 1.54) is 135 Å². The van der Waals surface area contributed by atoms with E-state index in [0.29, 0.717) is 63.8 Å². The molecule has 0 amide bonds. The molecule has 40 heteroatoms. The molecule has 5 N–H and O–H groups in total. The number of benzene rings is 3. The minimum absolute atomic E-state index is 0.00215. The monoisotopic (exact) mass is 1790 g/mol. The molecule has 0 radical (unpaired) electrons. The first-order valence-electron chi connectivity index (χ1n) is 39.9. The molecule has 0 aliphatic heterocycles. The zero-order valence-electron chi connectivity index (χ0n) is 73.1. The van der Waals surface area contributed by atoms with E-state index in [4.69, 9.17) is 40.8 Å². The summed E-state index contributed by atoms with van der Waals surface area (Å²) in [6, 6.07) is 18.2. The number of hydrogen-bond acceptors (Lipinski definition) is 27. The van der Waals surface area contributed by atoms with Crippen molar-refractivity contribution in [2.75, 3.05) is 26.9 Å². The highest BCUT2D eigenvalue weighted by Gasteiger charge is 2.40. The van der Waals surface area contributed by atoms with Gasteiger partial charge in [-0.25, -0.2) is 46.1 Å². The molecule has 12 rings (SSSR count). The number of ketones is 2. The van der Waals surface area contributed by atoms with Gasteiger partial charge in [-0.05, 0) is 159 Å². The number of aliphatic hydroxyl groups excluding tert-OH is 1. The van der Waals surface area contributed by atoms with E-state index < -0.39 is 92.1 Å². The van der Waals surface area contributed by atoms with Crippen LogP contribution in [-0.4, -0.2) is 138 Å². The molecule has 0 saturated heterocycles. The molecule has 0 aliphatic carbocycles. The van der Waals surface area contributed by atoms with E-state index in [-0.39, 0.29) is 132 Å². The number of aromatic hydroxyl groups is 1. The van der Waals surface area contributed by atoms with Crippen LogP contribution in [0.3, 0.4) is 0 Å². The van der Waals surface area contributed by atoms with Crippen molar-refractivity contribution in [2.24, 2.45) is 17.6 Å². The van der Waals surface area contributed by atoms with Crippen LogP contribution in [-0.2, 0) is 64.8 Å². The lowest BCUT2D eigenvalue weighted by atomic mass is 9.91. The summed E-state index contributed by atoms with van der Waals surface area (Å²) >= 11 is 3.37. The van der Waals surface area contributed by atoms with Crippen molar-refractivity contribution in [3.8, 4) is 39.0 Å². The number of aliphatic hydroxyl groups is 1. The third-order valence-electron chi connectivity index (χ3n) is 20.3. The van der Waals surface area contributed by atoms with Gasteiger partial charge in [0.1, 0.15) is 87.6 Å². The van der Waals surface area contributed by atoms with E-state index in [0.717, 1.165) is 56.6 Å². The van der Waals surface area contributed by atoms with Gasteiger partial charge in [-0.2, -0.15) is 46.4 Å². The summed E-state index contributed by atoms with van der Waals surface area (Å²) in [5, 5.41) is 81.7. The molecule has 0 fully saturated rings. The fourth-order valence-electron chi connectivity index (χ4n) is 13.7. The van der Waals surface area contributed by atoms with Crippen molar-refractivity contribution < 1.29 is 57.1 Å². The number of phenols is 1. The summed E-state index contributed by atoms with van der Waals surface area (Å²) in [6.45, 7) is 28.4. The van der Waals surface area contributed by atoms with Crippen molar-refractivity contribution in [3.63, 3.8) is 0 Å². The first-order chi connectivity index (χ1) is 59.5. The third kappa shape index (κ3) is 21.8. The van der Waals surface area contributed by atoms with Gasteiger partial charge in [0.25, 0.3) is 16.7 Å². The number of ether oxygens (including phenoxy) is 3. The number of nitriles is 3. The molecule has 3 atom stereocenters. The molecule has 0 saturated carbocycles. The molecule has 3 aromatic carbocycles. The van der Waals surface area contributed by atoms with Crippen LogP contribution in [0.1, 0.15) is 178 Å². The van der Waals surface area contributed by atoms with Crippen LogP contribution in [0.4, 0.5) is 13.2 Å². The van der Waals surface area contributed by atoms with Crippen molar-refractivity contribution in [1.29, 1.82) is 15.8 Å². The smallest absolute Gasteiger partial charge is 0.333 e. The standard InChI is InChI=1S/C29H33FN6O4S.C28H31FN6O5S.C25H25FN6O5S.C3H9N.CH4O/c1-17(2)14-23(37)29(5,6)35-25(38)24-19(4)26(36-32-11-12-33-36)41-27(24)34(28(35)39)16-22(40-13-7-10-31)21-15-20(30)9-8-18(21)3;1-16(2)13-22(37)28(4,5)34-24(38)23-17(3)25(35-31-10-11-32-35)41-26(23)33(27(34)39)15-21(40-12-6-9-30)19-14-18(29)7-8-20(19)36;1-14-6-7-16(26)12-17(14)18(37-11-5-8-27)13-30-22-19(15(2)21(38-22)32-28-9-10-29-32)20(33)31(24(30)36)25(3,4)23(34)35;1-3(2)4;1-2/h8-9,11-12,15,17,22H,7,13-14,16H2,1-6H3;7-8,10-11,14,16,21,36H,6,12-13,15H2,1-5H3;6-7,9-10,12,18H,5,11,13H2,1-4H3,(H,34,35);3H,4H2,1-2H3;2H,1H3/t22-;21-;18-;;/m000../s1. The number of carboxylic acid groups (broad SMARTS) is 1. The predicted molar refractivity (Wildman–Crippen MR) is 469 cm³/mol. The van der Waals surface area contributed by atoms with Crippen molar-refractivity contribution in [3.05, 3.63) is 216 Å². The number of halogens is 3. The average molecular weight is 1800 g/mol.